The molecule has 2 aromatic heterocycles. The molecule has 1 aliphatic carbocycles. The molecule has 0 radical (unpaired) electrons. The van der Waals surface area contributed by atoms with E-state index in [0.29, 0.717) is 22.8 Å². The monoisotopic (exact) mass is 404 g/mol. The number of rotatable bonds is 3. The molecule has 2 unspecified atom stereocenters. The zero-order valence-corrected chi connectivity index (χ0v) is 17.3. The molecule has 27 heavy (non-hydrogen) atoms. The Morgan fingerprint density at radius 3 is 2.89 bits per heavy atom. The Hall–Kier alpha value is -1.57. The summed E-state index contributed by atoms with van der Waals surface area (Å²) in [7, 11) is 3.90. The van der Waals surface area contributed by atoms with Crippen molar-refractivity contribution in [2.75, 3.05) is 32.9 Å². The van der Waals surface area contributed by atoms with Gasteiger partial charge in [-0.25, -0.2) is 4.98 Å². The lowest BCUT2D eigenvalue weighted by Gasteiger charge is -2.25. The molecule has 0 amide bonds. The first kappa shape index (κ1) is 18.8. The molecule has 8 heteroatoms. The number of halogens is 1. The van der Waals surface area contributed by atoms with Crippen LogP contribution in [0.1, 0.15) is 37.3 Å². The van der Waals surface area contributed by atoms with Gasteiger partial charge in [-0.3, -0.25) is 4.99 Å². The lowest BCUT2D eigenvalue weighted by Crippen LogP contribution is -2.25. The predicted octanol–water partition coefficient (Wildman–Crippen LogP) is 3.58. The van der Waals surface area contributed by atoms with Gasteiger partial charge < -0.3 is 15.2 Å². The summed E-state index contributed by atoms with van der Waals surface area (Å²) in [5, 5.41) is 1.59. The molecular weight excluding hydrogens is 380 g/mol. The number of thiol groups is 1. The van der Waals surface area contributed by atoms with E-state index in [1.807, 2.05) is 0 Å². The van der Waals surface area contributed by atoms with E-state index < -0.39 is 0 Å². The highest BCUT2D eigenvalue weighted by molar-refractivity contribution is 7.97. The van der Waals surface area contributed by atoms with Crippen molar-refractivity contribution < 1.29 is 0 Å². The van der Waals surface area contributed by atoms with Crippen LogP contribution in [0, 0.1) is 5.92 Å². The Labute approximate surface area is 169 Å². The number of fused-ring (bicyclic) bond motifs is 1. The number of likely N-dealkylation sites (N-methyl/N-ethyl adjacent to an activating group) is 1. The molecule has 1 fully saturated rings. The standard InChI is InChI=1S/C19H25ClN6S/c1-22-18(27)14-10-26(17-15(14)16(21)23-19(20)24-17)13-4-3-12(9-13)11-5-7-25(2)8-6-11/h5,10,12-13H,3-4,6-9H2,1-2H3,(H,22,27)(H2,21,23,24). The fourth-order valence-corrected chi connectivity index (χ4v) is 4.76. The molecule has 1 saturated carbocycles. The van der Waals surface area contributed by atoms with Crippen LogP contribution in [0.3, 0.4) is 0 Å². The molecule has 2 atom stereocenters. The number of nitrogens with two attached hydrogens (primary N) is 1. The normalized spacial score (nSPS) is 24.6. The first-order valence-electron chi connectivity index (χ1n) is 9.35. The van der Waals surface area contributed by atoms with Crippen molar-refractivity contribution in [3.8, 4) is 0 Å². The lowest BCUT2D eigenvalue weighted by atomic mass is 9.92. The molecule has 0 spiro atoms. The van der Waals surface area contributed by atoms with Crippen molar-refractivity contribution in [3.05, 3.63) is 28.7 Å². The number of hydrogen-bond acceptors (Lipinski definition) is 5. The van der Waals surface area contributed by atoms with E-state index in [0.717, 1.165) is 42.5 Å². The summed E-state index contributed by atoms with van der Waals surface area (Å²) in [6.07, 6.45) is 9.11. The second kappa shape index (κ2) is 7.45. The van der Waals surface area contributed by atoms with Gasteiger partial charge in [0.1, 0.15) is 11.5 Å². The van der Waals surface area contributed by atoms with Gasteiger partial charge in [-0.2, -0.15) is 4.98 Å². The zero-order valence-electron chi connectivity index (χ0n) is 15.7. The largest absolute Gasteiger partial charge is 0.383 e. The van der Waals surface area contributed by atoms with E-state index in [1.165, 1.54) is 12.8 Å². The Morgan fingerprint density at radius 2 is 2.19 bits per heavy atom. The van der Waals surface area contributed by atoms with Crippen LogP contribution >= 0.6 is 24.2 Å². The van der Waals surface area contributed by atoms with Crippen LogP contribution in [0.4, 0.5) is 5.82 Å². The van der Waals surface area contributed by atoms with Crippen LogP contribution < -0.4 is 5.73 Å². The smallest absolute Gasteiger partial charge is 0.226 e. The third kappa shape index (κ3) is 3.48. The maximum atomic E-state index is 6.17. The summed E-state index contributed by atoms with van der Waals surface area (Å²) >= 11 is 10.6. The average Bonchev–Trinajstić information content (AvgIpc) is 3.26. The molecular formula is C19H25ClN6S. The molecule has 2 N–H and O–H groups in total. The SMILES string of the molecule is C/N=C(\S)c1cn(C2CCC(C3=CCN(C)CC3)C2)c2nc(Cl)nc(N)c12. The molecule has 2 aliphatic rings. The van der Waals surface area contributed by atoms with Crippen molar-refractivity contribution in [2.24, 2.45) is 10.9 Å². The Morgan fingerprint density at radius 1 is 1.37 bits per heavy atom. The van der Waals surface area contributed by atoms with Crippen molar-refractivity contribution >= 4 is 46.1 Å². The Kier molecular flexibility index (Phi) is 5.18. The minimum Gasteiger partial charge on any atom is -0.383 e. The van der Waals surface area contributed by atoms with Gasteiger partial charge in [0.15, 0.2) is 0 Å². The fourth-order valence-electron chi connectivity index (χ4n) is 4.42. The van der Waals surface area contributed by atoms with Crippen molar-refractivity contribution in [3.63, 3.8) is 0 Å². The van der Waals surface area contributed by atoms with Crippen LogP contribution in [-0.4, -0.2) is 51.7 Å². The van der Waals surface area contributed by atoms with Gasteiger partial charge in [0.2, 0.25) is 5.28 Å². The number of nitrogens with zero attached hydrogens (tertiary/aromatic N) is 5. The second-order valence-corrected chi connectivity index (χ2v) is 8.29. The molecule has 1 aliphatic heterocycles. The minimum atomic E-state index is 0.174. The molecule has 2 aromatic rings. The number of aliphatic imine (C=N–C) groups is 1. The van der Waals surface area contributed by atoms with E-state index in [2.05, 4.69) is 56.4 Å². The van der Waals surface area contributed by atoms with E-state index in [-0.39, 0.29) is 5.28 Å². The van der Waals surface area contributed by atoms with Crippen LogP contribution in [0.5, 0.6) is 0 Å². The summed E-state index contributed by atoms with van der Waals surface area (Å²) < 4.78 is 2.21. The molecule has 144 valence electrons. The van der Waals surface area contributed by atoms with Crippen LogP contribution in [-0.2, 0) is 0 Å². The van der Waals surface area contributed by atoms with Gasteiger partial charge in [0.25, 0.3) is 0 Å². The first-order valence-corrected chi connectivity index (χ1v) is 10.2. The average molecular weight is 405 g/mol. The molecule has 0 saturated heterocycles. The molecule has 4 rings (SSSR count). The van der Waals surface area contributed by atoms with E-state index >= 15 is 0 Å². The molecule has 0 bridgehead atoms. The number of hydrogen-bond donors (Lipinski definition) is 2. The lowest BCUT2D eigenvalue weighted by molar-refractivity contribution is 0.346. The maximum Gasteiger partial charge on any atom is 0.226 e. The van der Waals surface area contributed by atoms with Crippen LogP contribution in [0.2, 0.25) is 5.28 Å². The third-order valence-electron chi connectivity index (χ3n) is 5.90. The van der Waals surface area contributed by atoms with Crippen molar-refractivity contribution in [1.82, 2.24) is 19.4 Å². The molecule has 0 aromatic carbocycles. The Balaban J connectivity index is 1.70. The van der Waals surface area contributed by atoms with Crippen LogP contribution in [0.25, 0.3) is 11.0 Å². The number of aromatic nitrogens is 3. The summed E-state index contributed by atoms with van der Waals surface area (Å²) in [6, 6.07) is 0.371. The summed E-state index contributed by atoms with van der Waals surface area (Å²) in [5.74, 6) is 1.02. The summed E-state index contributed by atoms with van der Waals surface area (Å²) in [4.78, 5) is 15.2. The maximum absolute atomic E-state index is 6.17. The highest BCUT2D eigenvalue weighted by Gasteiger charge is 2.31. The Bertz CT molecular complexity index is 934. The minimum absolute atomic E-state index is 0.174. The van der Waals surface area contributed by atoms with E-state index in [9.17, 15) is 0 Å². The van der Waals surface area contributed by atoms with Gasteiger partial charge >= 0.3 is 0 Å². The zero-order chi connectivity index (χ0) is 19.1. The van der Waals surface area contributed by atoms with Gasteiger partial charge in [0, 0.05) is 37.9 Å². The number of nitrogen functional groups attached to an aromatic ring is 1. The highest BCUT2D eigenvalue weighted by Crippen LogP contribution is 2.42. The second-order valence-electron chi connectivity index (χ2n) is 7.53. The van der Waals surface area contributed by atoms with E-state index in [1.54, 1.807) is 12.6 Å². The van der Waals surface area contributed by atoms with Crippen LogP contribution in [0.15, 0.2) is 22.8 Å². The van der Waals surface area contributed by atoms with Gasteiger partial charge in [-0.05, 0) is 50.2 Å². The quantitative estimate of drug-likeness (QED) is 0.269. The van der Waals surface area contributed by atoms with Gasteiger partial charge in [0.05, 0.1) is 10.4 Å². The number of anilines is 1. The predicted molar refractivity (Wildman–Crippen MR) is 115 cm³/mol. The van der Waals surface area contributed by atoms with Crippen molar-refractivity contribution in [2.45, 2.75) is 31.7 Å². The molecule has 6 nitrogen and oxygen atoms in total. The van der Waals surface area contributed by atoms with Crippen molar-refractivity contribution in [1.29, 1.82) is 0 Å². The van der Waals surface area contributed by atoms with E-state index in [4.69, 9.17) is 17.3 Å². The molecule has 3 heterocycles. The first-order chi connectivity index (χ1) is 13.0. The topological polar surface area (TPSA) is 72.3 Å². The third-order valence-corrected chi connectivity index (χ3v) is 6.51. The highest BCUT2D eigenvalue weighted by atomic mass is 35.5. The summed E-state index contributed by atoms with van der Waals surface area (Å²) in [6.45, 7) is 2.21. The fraction of sp³-hybridized carbons (Fsp3) is 0.526. The van der Waals surface area contributed by atoms with Gasteiger partial charge in [-0.1, -0.05) is 11.6 Å². The van der Waals surface area contributed by atoms with Gasteiger partial charge in [-0.15, -0.1) is 12.6 Å². The summed E-state index contributed by atoms with van der Waals surface area (Å²) in [5.41, 5.74) is 9.43.